The van der Waals surface area contributed by atoms with Crippen molar-refractivity contribution in [3.05, 3.63) is 108 Å². The van der Waals surface area contributed by atoms with E-state index in [-0.39, 0.29) is 6.61 Å². The topological polar surface area (TPSA) is 66.4 Å². The van der Waals surface area contributed by atoms with Gasteiger partial charge in [-0.2, -0.15) is 0 Å². The number of methoxy groups -OCH3 is 1. The Kier molecular flexibility index (Phi) is 9.21. The molecule has 0 amide bonds. The van der Waals surface area contributed by atoms with Crippen LogP contribution in [0, 0.1) is 0 Å². The molecule has 6 nitrogen and oxygen atoms in total. The molecule has 3 aromatic rings. The van der Waals surface area contributed by atoms with Gasteiger partial charge >= 0.3 is 0 Å². The lowest BCUT2D eigenvalue weighted by Gasteiger charge is -2.44. The molecule has 3 aromatic carbocycles. The third-order valence-corrected chi connectivity index (χ3v) is 5.85. The SMILES string of the molecule is CO[C@@H]1[C@@H](OCc2ccccc2)[C@@H](O)O[C@H](COCc2ccccc2)[C@H]1OCc1ccccc1. The molecule has 0 saturated carbocycles. The van der Waals surface area contributed by atoms with Gasteiger partial charge in [0.2, 0.25) is 0 Å². The lowest BCUT2D eigenvalue weighted by atomic mass is 9.98. The molecule has 6 heteroatoms. The standard InChI is InChI=1S/C28H32O6/c1-30-26-25(32-18-22-13-7-3-8-14-22)24(20-31-17-21-11-5-2-6-12-21)34-28(29)27(26)33-19-23-15-9-4-10-16-23/h2-16,24-29H,17-20H2,1H3/t24-,25-,26+,27-,28+/m1/s1. The van der Waals surface area contributed by atoms with Crippen molar-refractivity contribution in [1.82, 2.24) is 0 Å². The maximum Gasteiger partial charge on any atom is 0.184 e. The summed E-state index contributed by atoms with van der Waals surface area (Å²) in [5.41, 5.74) is 3.10. The molecular weight excluding hydrogens is 432 g/mol. The summed E-state index contributed by atoms with van der Waals surface area (Å²) in [6, 6.07) is 29.6. The van der Waals surface area contributed by atoms with Crippen molar-refractivity contribution in [1.29, 1.82) is 0 Å². The van der Waals surface area contributed by atoms with E-state index in [2.05, 4.69) is 0 Å². The highest BCUT2D eigenvalue weighted by Gasteiger charge is 2.47. The summed E-state index contributed by atoms with van der Waals surface area (Å²) in [6.07, 6.45) is -3.44. The van der Waals surface area contributed by atoms with Crippen molar-refractivity contribution in [2.24, 2.45) is 0 Å². The van der Waals surface area contributed by atoms with Gasteiger partial charge in [0.05, 0.1) is 26.4 Å². The smallest absolute Gasteiger partial charge is 0.184 e. The van der Waals surface area contributed by atoms with E-state index in [1.807, 2.05) is 91.0 Å². The van der Waals surface area contributed by atoms with Crippen LogP contribution in [0.25, 0.3) is 0 Å². The Bertz CT molecular complexity index is 952. The lowest BCUT2D eigenvalue weighted by Crippen LogP contribution is -2.61. The van der Waals surface area contributed by atoms with Gasteiger partial charge in [-0.1, -0.05) is 91.0 Å². The Morgan fingerprint density at radius 2 is 1.12 bits per heavy atom. The van der Waals surface area contributed by atoms with E-state index in [4.69, 9.17) is 23.7 Å². The zero-order valence-corrected chi connectivity index (χ0v) is 19.4. The fourth-order valence-electron chi connectivity index (χ4n) is 4.08. The Morgan fingerprint density at radius 1 is 0.647 bits per heavy atom. The van der Waals surface area contributed by atoms with Crippen LogP contribution in [-0.2, 0) is 43.5 Å². The van der Waals surface area contributed by atoms with Crippen LogP contribution in [0.4, 0.5) is 0 Å². The van der Waals surface area contributed by atoms with Gasteiger partial charge in [-0.3, -0.25) is 0 Å². The van der Waals surface area contributed by atoms with Gasteiger partial charge in [-0.05, 0) is 16.7 Å². The van der Waals surface area contributed by atoms with Crippen LogP contribution >= 0.6 is 0 Å². The van der Waals surface area contributed by atoms with E-state index in [1.54, 1.807) is 7.11 Å². The predicted molar refractivity (Wildman–Crippen MR) is 128 cm³/mol. The second kappa shape index (κ2) is 12.8. The first-order chi connectivity index (χ1) is 16.7. The second-order valence-corrected chi connectivity index (χ2v) is 8.29. The molecule has 1 saturated heterocycles. The Hall–Kier alpha value is -2.58. The predicted octanol–water partition coefficient (Wildman–Crippen LogP) is 4.11. The minimum atomic E-state index is -1.17. The monoisotopic (exact) mass is 464 g/mol. The number of ether oxygens (including phenoxy) is 5. The van der Waals surface area contributed by atoms with Crippen molar-refractivity contribution >= 4 is 0 Å². The molecule has 0 radical (unpaired) electrons. The van der Waals surface area contributed by atoms with Gasteiger partial charge in [0, 0.05) is 7.11 Å². The first-order valence-corrected chi connectivity index (χ1v) is 11.5. The molecule has 1 fully saturated rings. The van der Waals surface area contributed by atoms with Crippen molar-refractivity contribution < 1.29 is 28.8 Å². The van der Waals surface area contributed by atoms with Crippen LogP contribution in [0.2, 0.25) is 0 Å². The van der Waals surface area contributed by atoms with E-state index in [0.717, 1.165) is 16.7 Å². The number of aliphatic hydroxyl groups is 1. The summed E-state index contributed by atoms with van der Waals surface area (Å²) in [4.78, 5) is 0. The van der Waals surface area contributed by atoms with E-state index < -0.39 is 30.7 Å². The summed E-state index contributed by atoms with van der Waals surface area (Å²) < 4.78 is 30.1. The van der Waals surface area contributed by atoms with Crippen LogP contribution < -0.4 is 0 Å². The molecular formula is C28H32O6. The van der Waals surface area contributed by atoms with Gasteiger partial charge in [0.15, 0.2) is 6.29 Å². The van der Waals surface area contributed by atoms with Gasteiger partial charge in [0.25, 0.3) is 0 Å². The minimum absolute atomic E-state index is 0.247. The third kappa shape index (κ3) is 6.73. The van der Waals surface area contributed by atoms with E-state index in [9.17, 15) is 5.11 Å². The minimum Gasteiger partial charge on any atom is -0.376 e. The van der Waals surface area contributed by atoms with Crippen LogP contribution in [-0.4, -0.2) is 49.5 Å². The summed E-state index contributed by atoms with van der Waals surface area (Å²) in [5, 5.41) is 10.8. The number of hydrogen-bond donors (Lipinski definition) is 1. The van der Waals surface area contributed by atoms with Gasteiger partial charge < -0.3 is 28.8 Å². The maximum absolute atomic E-state index is 10.8. The fourth-order valence-corrected chi connectivity index (χ4v) is 4.08. The molecule has 1 aliphatic rings. The zero-order chi connectivity index (χ0) is 23.6. The number of rotatable bonds is 11. The molecule has 0 unspecified atom stereocenters. The molecule has 4 rings (SSSR count). The Balaban J connectivity index is 1.45. The highest BCUT2D eigenvalue weighted by atomic mass is 16.7. The lowest BCUT2D eigenvalue weighted by molar-refractivity contribution is -0.312. The number of aliphatic hydroxyl groups excluding tert-OH is 1. The molecule has 5 atom stereocenters. The molecule has 34 heavy (non-hydrogen) atoms. The molecule has 0 spiro atoms. The molecule has 0 bridgehead atoms. The zero-order valence-electron chi connectivity index (χ0n) is 19.4. The highest BCUT2D eigenvalue weighted by molar-refractivity contribution is 5.15. The fraction of sp³-hybridized carbons (Fsp3) is 0.357. The highest BCUT2D eigenvalue weighted by Crippen LogP contribution is 2.29. The largest absolute Gasteiger partial charge is 0.376 e. The third-order valence-electron chi connectivity index (χ3n) is 5.85. The molecule has 180 valence electrons. The first-order valence-electron chi connectivity index (χ1n) is 11.5. The van der Waals surface area contributed by atoms with Gasteiger partial charge in [-0.25, -0.2) is 0 Å². The summed E-state index contributed by atoms with van der Waals surface area (Å²) in [6.45, 7) is 1.39. The van der Waals surface area contributed by atoms with E-state index in [1.165, 1.54) is 0 Å². The van der Waals surface area contributed by atoms with Crippen molar-refractivity contribution in [3.8, 4) is 0 Å². The Morgan fingerprint density at radius 3 is 1.62 bits per heavy atom. The van der Waals surface area contributed by atoms with E-state index in [0.29, 0.717) is 19.8 Å². The molecule has 1 aliphatic heterocycles. The van der Waals surface area contributed by atoms with Crippen LogP contribution in [0.3, 0.4) is 0 Å². The van der Waals surface area contributed by atoms with Crippen molar-refractivity contribution in [3.63, 3.8) is 0 Å². The summed E-state index contributed by atoms with van der Waals surface area (Å²) >= 11 is 0. The second-order valence-electron chi connectivity index (χ2n) is 8.29. The summed E-state index contributed by atoms with van der Waals surface area (Å²) in [7, 11) is 1.60. The molecule has 0 aliphatic carbocycles. The number of benzene rings is 3. The van der Waals surface area contributed by atoms with Gasteiger partial charge in [-0.15, -0.1) is 0 Å². The first kappa shape index (κ1) is 24.5. The number of hydrogen-bond acceptors (Lipinski definition) is 6. The van der Waals surface area contributed by atoms with Crippen LogP contribution in [0.1, 0.15) is 16.7 Å². The van der Waals surface area contributed by atoms with Crippen molar-refractivity contribution in [2.75, 3.05) is 13.7 Å². The van der Waals surface area contributed by atoms with Crippen LogP contribution in [0.15, 0.2) is 91.0 Å². The average molecular weight is 465 g/mol. The molecule has 1 N–H and O–H groups in total. The Labute approximate surface area is 201 Å². The summed E-state index contributed by atoms with van der Waals surface area (Å²) in [5.74, 6) is 0. The maximum atomic E-state index is 10.8. The quantitative estimate of drug-likeness (QED) is 0.461. The normalized spacial score (nSPS) is 24.7. The average Bonchev–Trinajstić information content (AvgIpc) is 2.89. The van der Waals surface area contributed by atoms with Crippen LogP contribution in [0.5, 0.6) is 0 Å². The van der Waals surface area contributed by atoms with Gasteiger partial charge in [0.1, 0.15) is 24.4 Å². The molecule has 1 heterocycles. The van der Waals surface area contributed by atoms with E-state index >= 15 is 0 Å². The molecule has 0 aromatic heterocycles. The van der Waals surface area contributed by atoms with Crippen molar-refractivity contribution in [2.45, 2.75) is 50.5 Å².